The Morgan fingerprint density at radius 1 is 1.54 bits per heavy atom. The molecule has 0 aliphatic rings. The molecule has 0 bridgehead atoms. The van der Waals surface area contributed by atoms with Crippen molar-refractivity contribution in [3.8, 4) is 0 Å². The van der Waals surface area contributed by atoms with E-state index in [0.717, 1.165) is 21.2 Å². The zero-order chi connectivity index (χ0) is 9.26. The Morgan fingerprint density at radius 3 is 3.15 bits per heavy atom. The van der Waals surface area contributed by atoms with Gasteiger partial charge in [0.25, 0.3) is 0 Å². The lowest BCUT2D eigenvalue weighted by molar-refractivity contribution is -0.105. The maximum atomic E-state index is 10.2. The molecule has 1 amide bonds. The lowest BCUT2D eigenvalue weighted by atomic mass is 10.3. The first kappa shape index (κ1) is 8.25. The molecule has 1 heterocycles. The van der Waals surface area contributed by atoms with Gasteiger partial charge in [0, 0.05) is 0 Å². The van der Waals surface area contributed by atoms with E-state index in [0.29, 0.717) is 6.41 Å². The summed E-state index contributed by atoms with van der Waals surface area (Å²) in [5.41, 5.74) is 2.46. The molecule has 13 heavy (non-hydrogen) atoms. The molecule has 0 saturated carbocycles. The second-order valence-corrected chi connectivity index (χ2v) is 3.28. The number of hydrogen-bond acceptors (Lipinski definition) is 2. The Bertz CT molecular complexity index is 452. The third-order valence-corrected chi connectivity index (χ3v) is 2.55. The molecule has 0 saturated heterocycles. The highest BCUT2D eigenvalue weighted by Gasteiger charge is 2.05. The van der Waals surface area contributed by atoms with Gasteiger partial charge in [-0.25, -0.2) is 4.98 Å². The number of hydrogen-bond donors (Lipinski definition) is 2. The number of halogens is 1. The fourth-order valence-electron chi connectivity index (χ4n) is 1.15. The maximum Gasteiger partial charge on any atom is 0.211 e. The van der Waals surface area contributed by atoms with Gasteiger partial charge < -0.3 is 10.3 Å². The molecule has 2 N–H and O–H groups in total. The van der Waals surface area contributed by atoms with Crippen LogP contribution in [0.3, 0.4) is 0 Å². The number of rotatable bonds is 2. The van der Waals surface area contributed by atoms with E-state index in [1.807, 2.05) is 6.07 Å². The van der Waals surface area contributed by atoms with E-state index in [1.54, 1.807) is 12.4 Å². The summed E-state index contributed by atoms with van der Waals surface area (Å²) in [4.78, 5) is 17.3. The molecule has 4 nitrogen and oxygen atoms in total. The second kappa shape index (κ2) is 3.18. The van der Waals surface area contributed by atoms with Crippen LogP contribution in [0, 0.1) is 0 Å². The van der Waals surface area contributed by atoms with E-state index in [-0.39, 0.29) is 0 Å². The smallest absolute Gasteiger partial charge is 0.211 e. The average Bonchev–Trinajstić information content (AvgIpc) is 2.58. The second-order valence-electron chi connectivity index (χ2n) is 2.49. The molecule has 0 aliphatic heterocycles. The van der Waals surface area contributed by atoms with Crippen LogP contribution in [0.4, 0.5) is 5.69 Å². The number of anilines is 1. The highest BCUT2D eigenvalue weighted by atomic mass is 79.9. The molecule has 0 aliphatic carbocycles. The van der Waals surface area contributed by atoms with Crippen molar-refractivity contribution in [3.63, 3.8) is 0 Å². The number of H-pyrrole nitrogens is 1. The molecule has 66 valence electrons. The van der Waals surface area contributed by atoms with Gasteiger partial charge in [0.15, 0.2) is 0 Å². The Balaban J connectivity index is 2.65. The zero-order valence-corrected chi connectivity index (χ0v) is 8.13. The van der Waals surface area contributed by atoms with Crippen molar-refractivity contribution >= 4 is 39.1 Å². The summed E-state index contributed by atoms with van der Waals surface area (Å²) in [7, 11) is 0. The SMILES string of the molecule is O=CNc1ccc2[nH]cnc2c1Br. The fourth-order valence-corrected chi connectivity index (χ4v) is 1.71. The average molecular weight is 240 g/mol. The minimum atomic E-state index is 0.637. The molecule has 0 fully saturated rings. The van der Waals surface area contributed by atoms with Gasteiger partial charge in [0.05, 0.1) is 22.0 Å². The van der Waals surface area contributed by atoms with E-state index in [4.69, 9.17) is 0 Å². The number of fused-ring (bicyclic) bond motifs is 1. The Kier molecular flexibility index (Phi) is 2.02. The lowest BCUT2D eigenvalue weighted by Crippen LogP contribution is -1.94. The van der Waals surface area contributed by atoms with Gasteiger partial charge in [-0.15, -0.1) is 0 Å². The number of carbonyl (C=O) groups excluding carboxylic acids is 1. The van der Waals surface area contributed by atoms with E-state index in [1.165, 1.54) is 0 Å². The van der Waals surface area contributed by atoms with Gasteiger partial charge in [-0.1, -0.05) is 0 Å². The van der Waals surface area contributed by atoms with Crippen LogP contribution in [-0.4, -0.2) is 16.4 Å². The van der Waals surface area contributed by atoms with Crippen molar-refractivity contribution in [1.82, 2.24) is 9.97 Å². The van der Waals surface area contributed by atoms with Crippen LogP contribution in [0.25, 0.3) is 11.0 Å². The summed E-state index contributed by atoms with van der Waals surface area (Å²) in [6, 6.07) is 3.66. The molecule has 5 heteroatoms. The molecule has 2 rings (SSSR count). The maximum absolute atomic E-state index is 10.2. The fraction of sp³-hybridized carbons (Fsp3) is 0. The van der Waals surface area contributed by atoms with E-state index >= 15 is 0 Å². The quantitative estimate of drug-likeness (QED) is 0.787. The number of carbonyl (C=O) groups is 1. The molecular weight excluding hydrogens is 234 g/mol. The molecule has 0 atom stereocenters. The molecule has 1 aromatic carbocycles. The molecular formula is C8H6BrN3O. The van der Waals surface area contributed by atoms with Gasteiger partial charge >= 0.3 is 0 Å². The van der Waals surface area contributed by atoms with Crippen molar-refractivity contribution in [2.45, 2.75) is 0 Å². The van der Waals surface area contributed by atoms with Crippen molar-refractivity contribution in [2.75, 3.05) is 5.32 Å². The predicted octanol–water partition coefficient (Wildman–Crippen LogP) is 1.89. The van der Waals surface area contributed by atoms with Gasteiger partial charge in [-0.3, -0.25) is 4.79 Å². The minimum Gasteiger partial charge on any atom is -0.345 e. The van der Waals surface area contributed by atoms with Gasteiger partial charge in [0.1, 0.15) is 5.52 Å². The summed E-state index contributed by atoms with van der Waals surface area (Å²) < 4.78 is 0.790. The Morgan fingerprint density at radius 2 is 2.38 bits per heavy atom. The molecule has 2 aromatic rings. The first-order valence-corrected chi connectivity index (χ1v) is 4.44. The summed E-state index contributed by atoms with van der Waals surface area (Å²) in [6.07, 6.45) is 2.25. The van der Waals surface area contributed by atoms with Crippen LogP contribution in [0.15, 0.2) is 22.9 Å². The van der Waals surface area contributed by atoms with Crippen LogP contribution < -0.4 is 5.32 Å². The largest absolute Gasteiger partial charge is 0.345 e. The molecule has 0 spiro atoms. The number of aromatic nitrogens is 2. The normalized spacial score (nSPS) is 10.2. The third kappa shape index (κ3) is 1.31. The number of nitrogens with zero attached hydrogens (tertiary/aromatic N) is 1. The van der Waals surface area contributed by atoms with E-state index in [2.05, 4.69) is 31.2 Å². The summed E-state index contributed by atoms with van der Waals surface area (Å²) >= 11 is 3.36. The molecule has 1 aromatic heterocycles. The van der Waals surface area contributed by atoms with Crippen LogP contribution >= 0.6 is 15.9 Å². The number of imidazole rings is 1. The standard InChI is InChI=1S/C8H6BrN3O/c9-7-5(12-4-13)1-2-6-8(7)11-3-10-6/h1-4H,(H,10,11)(H,12,13). The van der Waals surface area contributed by atoms with Crippen molar-refractivity contribution in [2.24, 2.45) is 0 Å². The van der Waals surface area contributed by atoms with Crippen LogP contribution in [0.5, 0.6) is 0 Å². The van der Waals surface area contributed by atoms with E-state index in [9.17, 15) is 4.79 Å². The minimum absolute atomic E-state index is 0.637. The lowest BCUT2D eigenvalue weighted by Gasteiger charge is -2.01. The van der Waals surface area contributed by atoms with Gasteiger partial charge in [-0.05, 0) is 28.1 Å². The Labute approximate surface area is 82.5 Å². The van der Waals surface area contributed by atoms with Gasteiger partial charge in [0.2, 0.25) is 6.41 Å². The Hall–Kier alpha value is -1.36. The van der Waals surface area contributed by atoms with Crippen molar-refractivity contribution in [1.29, 1.82) is 0 Å². The summed E-state index contributed by atoms with van der Waals surface area (Å²) in [5, 5.41) is 2.58. The summed E-state index contributed by atoms with van der Waals surface area (Å²) in [6.45, 7) is 0. The highest BCUT2D eigenvalue weighted by molar-refractivity contribution is 9.10. The summed E-state index contributed by atoms with van der Waals surface area (Å²) in [5.74, 6) is 0. The van der Waals surface area contributed by atoms with Crippen LogP contribution in [-0.2, 0) is 4.79 Å². The third-order valence-electron chi connectivity index (χ3n) is 1.74. The number of benzene rings is 1. The van der Waals surface area contributed by atoms with Crippen LogP contribution in [0.2, 0.25) is 0 Å². The first-order chi connectivity index (χ1) is 6.33. The molecule has 0 unspecified atom stereocenters. The number of aromatic amines is 1. The topological polar surface area (TPSA) is 57.8 Å². The number of nitrogens with one attached hydrogen (secondary N) is 2. The first-order valence-electron chi connectivity index (χ1n) is 3.64. The van der Waals surface area contributed by atoms with Crippen molar-refractivity contribution < 1.29 is 4.79 Å². The van der Waals surface area contributed by atoms with Gasteiger partial charge in [-0.2, -0.15) is 0 Å². The molecule has 0 radical (unpaired) electrons. The number of amides is 1. The predicted molar refractivity (Wildman–Crippen MR) is 53.5 cm³/mol. The zero-order valence-electron chi connectivity index (χ0n) is 6.54. The monoisotopic (exact) mass is 239 g/mol. The van der Waals surface area contributed by atoms with Crippen molar-refractivity contribution in [3.05, 3.63) is 22.9 Å². The highest BCUT2D eigenvalue weighted by Crippen LogP contribution is 2.28. The van der Waals surface area contributed by atoms with E-state index < -0.39 is 0 Å². The van der Waals surface area contributed by atoms with Crippen LogP contribution in [0.1, 0.15) is 0 Å².